The Morgan fingerprint density at radius 1 is 0.871 bits per heavy atom. The molecule has 4 aromatic rings. The van der Waals surface area contributed by atoms with Crippen molar-refractivity contribution in [2.24, 2.45) is 0 Å². The third-order valence-corrected chi connectivity index (χ3v) is 5.69. The maximum absolute atomic E-state index is 13.0. The Bertz CT molecular complexity index is 1230. The van der Waals surface area contributed by atoms with Crippen LogP contribution < -0.4 is 10.7 Å². The minimum Gasteiger partial charge on any atom is -0.331 e. The van der Waals surface area contributed by atoms with Gasteiger partial charge in [-0.2, -0.15) is 0 Å². The molecular weight excluding hydrogens is 386 g/mol. The molecule has 5 heteroatoms. The van der Waals surface area contributed by atoms with Gasteiger partial charge in [0.15, 0.2) is 5.43 Å². The maximum atomic E-state index is 13.0. The van der Waals surface area contributed by atoms with Gasteiger partial charge in [0.2, 0.25) is 5.91 Å². The molecule has 158 valence electrons. The van der Waals surface area contributed by atoms with Gasteiger partial charge in [-0.25, -0.2) is 0 Å². The minimum absolute atomic E-state index is 0.00744. The van der Waals surface area contributed by atoms with Crippen molar-refractivity contribution in [1.29, 1.82) is 0 Å². The van der Waals surface area contributed by atoms with Crippen molar-refractivity contribution in [3.05, 3.63) is 88.6 Å². The van der Waals surface area contributed by atoms with Crippen molar-refractivity contribution in [2.45, 2.75) is 26.9 Å². The largest absolute Gasteiger partial charge is 0.331 e. The van der Waals surface area contributed by atoms with E-state index in [2.05, 4.69) is 30.1 Å². The second kappa shape index (κ2) is 9.14. The van der Waals surface area contributed by atoms with Crippen LogP contribution in [0.1, 0.15) is 19.4 Å². The van der Waals surface area contributed by atoms with Gasteiger partial charge in [0.05, 0.1) is 11.0 Å². The van der Waals surface area contributed by atoms with Crippen LogP contribution in [0.15, 0.2) is 77.6 Å². The van der Waals surface area contributed by atoms with Crippen molar-refractivity contribution in [2.75, 3.05) is 18.4 Å². The highest BCUT2D eigenvalue weighted by Gasteiger charge is 2.13. The van der Waals surface area contributed by atoms with Gasteiger partial charge in [-0.05, 0) is 55.1 Å². The van der Waals surface area contributed by atoms with Crippen molar-refractivity contribution in [3.8, 4) is 0 Å². The minimum atomic E-state index is -0.126. The average molecular weight is 414 g/mol. The fourth-order valence-corrected chi connectivity index (χ4v) is 4.04. The Morgan fingerprint density at radius 2 is 1.48 bits per heavy atom. The molecule has 0 aliphatic carbocycles. The fourth-order valence-electron chi connectivity index (χ4n) is 4.04. The normalized spacial score (nSPS) is 11.3. The van der Waals surface area contributed by atoms with Crippen LogP contribution in [0.25, 0.3) is 21.8 Å². The lowest BCUT2D eigenvalue weighted by atomic mass is 10.1. The molecule has 5 nitrogen and oxygen atoms in total. The van der Waals surface area contributed by atoms with Crippen LogP contribution in [0.4, 0.5) is 5.69 Å². The molecule has 0 bridgehead atoms. The summed E-state index contributed by atoms with van der Waals surface area (Å²) >= 11 is 0. The van der Waals surface area contributed by atoms with Gasteiger partial charge in [0, 0.05) is 23.0 Å². The first kappa shape index (κ1) is 20.8. The molecule has 31 heavy (non-hydrogen) atoms. The second-order valence-corrected chi connectivity index (χ2v) is 7.66. The number of rotatable bonds is 7. The van der Waals surface area contributed by atoms with E-state index in [-0.39, 0.29) is 17.9 Å². The smallest absolute Gasteiger partial charge is 0.244 e. The maximum Gasteiger partial charge on any atom is 0.244 e. The van der Waals surface area contributed by atoms with Crippen molar-refractivity contribution < 1.29 is 4.79 Å². The Hall–Kier alpha value is -3.44. The molecule has 0 unspecified atom stereocenters. The first-order valence-corrected chi connectivity index (χ1v) is 10.7. The number of pyridine rings is 1. The first-order valence-electron chi connectivity index (χ1n) is 10.7. The van der Waals surface area contributed by atoms with Crippen LogP contribution in [-0.4, -0.2) is 28.5 Å². The Kier molecular flexibility index (Phi) is 6.14. The molecule has 0 aliphatic rings. The van der Waals surface area contributed by atoms with Crippen LogP contribution in [0.2, 0.25) is 0 Å². The number of amides is 1. The first-order chi connectivity index (χ1) is 15.1. The lowest BCUT2D eigenvalue weighted by molar-refractivity contribution is -0.116. The van der Waals surface area contributed by atoms with E-state index in [9.17, 15) is 9.59 Å². The number of benzene rings is 3. The van der Waals surface area contributed by atoms with Gasteiger partial charge in [-0.3, -0.25) is 14.5 Å². The van der Waals surface area contributed by atoms with Crippen molar-refractivity contribution >= 4 is 33.4 Å². The molecule has 0 spiro atoms. The molecule has 1 aromatic heterocycles. The summed E-state index contributed by atoms with van der Waals surface area (Å²) in [6, 6.07) is 22.9. The Balaban J connectivity index is 1.64. The van der Waals surface area contributed by atoms with E-state index in [1.54, 1.807) is 0 Å². The predicted molar refractivity (Wildman–Crippen MR) is 127 cm³/mol. The second-order valence-electron chi connectivity index (χ2n) is 7.66. The topological polar surface area (TPSA) is 54.3 Å². The van der Waals surface area contributed by atoms with E-state index in [0.717, 1.165) is 36.4 Å². The van der Waals surface area contributed by atoms with E-state index < -0.39 is 0 Å². The zero-order valence-electron chi connectivity index (χ0n) is 18.0. The summed E-state index contributed by atoms with van der Waals surface area (Å²) in [5.41, 5.74) is 3.46. The number of hydrogen-bond acceptors (Lipinski definition) is 3. The number of fused-ring (bicyclic) bond motifs is 2. The molecule has 1 heterocycles. The summed E-state index contributed by atoms with van der Waals surface area (Å²) in [5, 5.41) is 4.27. The number of aromatic nitrogens is 1. The van der Waals surface area contributed by atoms with Gasteiger partial charge in [-0.1, -0.05) is 50.2 Å². The Morgan fingerprint density at radius 3 is 2.10 bits per heavy atom. The summed E-state index contributed by atoms with van der Waals surface area (Å²) in [4.78, 5) is 28.2. The molecule has 3 aromatic carbocycles. The number of para-hydroxylation sites is 2. The zero-order chi connectivity index (χ0) is 21.8. The predicted octanol–water partition coefficient (Wildman–Crippen LogP) is 4.64. The number of hydrogen-bond donors (Lipinski definition) is 1. The lowest BCUT2D eigenvalue weighted by Gasteiger charge is -2.18. The molecule has 0 aliphatic heterocycles. The molecule has 0 fully saturated rings. The van der Waals surface area contributed by atoms with E-state index in [0.29, 0.717) is 10.8 Å². The summed E-state index contributed by atoms with van der Waals surface area (Å²) < 4.78 is 1.92. The lowest BCUT2D eigenvalue weighted by Crippen LogP contribution is -2.23. The summed E-state index contributed by atoms with van der Waals surface area (Å²) in [6.07, 6.45) is 0. The average Bonchev–Trinajstić information content (AvgIpc) is 2.80. The summed E-state index contributed by atoms with van der Waals surface area (Å²) in [6.45, 7) is 7.24. The zero-order valence-corrected chi connectivity index (χ0v) is 18.0. The van der Waals surface area contributed by atoms with Crippen LogP contribution in [0.5, 0.6) is 0 Å². The van der Waals surface area contributed by atoms with E-state index in [1.165, 1.54) is 5.56 Å². The quantitative estimate of drug-likeness (QED) is 0.449. The number of carbonyl (C=O) groups excluding carboxylic acids is 1. The molecule has 0 saturated heterocycles. The monoisotopic (exact) mass is 413 g/mol. The fraction of sp³-hybridized carbons (Fsp3) is 0.231. The highest BCUT2D eigenvalue weighted by Crippen LogP contribution is 2.20. The van der Waals surface area contributed by atoms with Crippen LogP contribution >= 0.6 is 0 Å². The van der Waals surface area contributed by atoms with Crippen LogP contribution in [0, 0.1) is 0 Å². The molecular formula is C26H27N3O2. The van der Waals surface area contributed by atoms with Gasteiger partial charge >= 0.3 is 0 Å². The van der Waals surface area contributed by atoms with Gasteiger partial charge in [-0.15, -0.1) is 0 Å². The number of anilines is 1. The summed E-state index contributed by atoms with van der Waals surface area (Å²) in [5.74, 6) is -0.126. The summed E-state index contributed by atoms with van der Waals surface area (Å²) in [7, 11) is 0. The van der Waals surface area contributed by atoms with Crippen LogP contribution in [0.3, 0.4) is 0 Å². The third-order valence-electron chi connectivity index (χ3n) is 5.69. The Labute approximate surface area is 181 Å². The molecule has 0 radical (unpaired) electrons. The van der Waals surface area contributed by atoms with Crippen LogP contribution in [-0.2, 0) is 17.9 Å². The molecule has 4 rings (SSSR count). The number of nitrogens with zero attached hydrogens (tertiary/aromatic N) is 2. The van der Waals surface area contributed by atoms with Crippen molar-refractivity contribution in [1.82, 2.24) is 9.47 Å². The van der Waals surface area contributed by atoms with Gasteiger partial charge in [0.1, 0.15) is 6.54 Å². The van der Waals surface area contributed by atoms with Crippen molar-refractivity contribution in [3.63, 3.8) is 0 Å². The third kappa shape index (κ3) is 4.37. The SMILES string of the molecule is CCN(CC)Cc1cccc(NC(=O)Cn2c3ccccc3c(=O)c3ccccc32)c1. The van der Waals surface area contributed by atoms with Gasteiger partial charge < -0.3 is 9.88 Å². The molecule has 1 N–H and O–H groups in total. The number of carbonyl (C=O) groups is 1. The number of nitrogens with one attached hydrogen (secondary N) is 1. The van der Waals surface area contributed by atoms with Gasteiger partial charge in [0.25, 0.3) is 0 Å². The molecule has 1 amide bonds. The molecule has 0 atom stereocenters. The standard InChI is InChI=1S/C26H27N3O2/c1-3-28(4-2)17-19-10-9-11-20(16-19)27-25(30)18-29-23-14-7-5-12-21(23)26(31)22-13-6-8-15-24(22)29/h5-16H,3-4,17-18H2,1-2H3,(H,27,30). The highest BCUT2D eigenvalue weighted by atomic mass is 16.2. The van der Waals surface area contributed by atoms with E-state index in [4.69, 9.17) is 0 Å². The highest BCUT2D eigenvalue weighted by molar-refractivity contribution is 5.97. The molecule has 0 saturated carbocycles. The van der Waals surface area contributed by atoms with E-state index >= 15 is 0 Å². The van der Waals surface area contributed by atoms with E-state index in [1.807, 2.05) is 71.3 Å².